The van der Waals surface area contributed by atoms with Crippen LogP contribution in [-0.2, 0) is 0 Å². The van der Waals surface area contributed by atoms with Gasteiger partial charge in [-0.05, 0) is 32.6 Å². The standard InChI is InChI=1S/C9H17N.2C2H6/c1-3-9-7-5-4-6-8(2)10-9;2*1-2/h6,9-10H,3-5,7H2,1-2H3;2*1-2H3. The van der Waals surface area contributed by atoms with Crippen LogP contribution in [0.2, 0.25) is 0 Å². The molecule has 86 valence electrons. The average molecular weight is 199 g/mol. The molecule has 0 fully saturated rings. The van der Waals surface area contributed by atoms with E-state index in [-0.39, 0.29) is 0 Å². The predicted octanol–water partition coefficient (Wildman–Crippen LogP) is 4.49. The third kappa shape index (κ3) is 8.15. The molecule has 0 amide bonds. The molecule has 1 unspecified atom stereocenters. The van der Waals surface area contributed by atoms with Gasteiger partial charge in [0, 0.05) is 11.7 Å². The second-order valence-corrected chi connectivity index (χ2v) is 3.07. The molecule has 1 aliphatic heterocycles. The number of hydrogen-bond donors (Lipinski definition) is 1. The van der Waals surface area contributed by atoms with Crippen LogP contribution in [0.4, 0.5) is 0 Å². The topological polar surface area (TPSA) is 12.0 Å². The molecule has 1 nitrogen and oxygen atoms in total. The van der Waals surface area contributed by atoms with Gasteiger partial charge in [-0.15, -0.1) is 0 Å². The van der Waals surface area contributed by atoms with Gasteiger partial charge in [0.15, 0.2) is 0 Å². The summed E-state index contributed by atoms with van der Waals surface area (Å²) >= 11 is 0. The lowest BCUT2D eigenvalue weighted by Crippen LogP contribution is -2.25. The highest BCUT2D eigenvalue weighted by atomic mass is 14.9. The van der Waals surface area contributed by atoms with Gasteiger partial charge in [0.25, 0.3) is 0 Å². The Morgan fingerprint density at radius 3 is 2.36 bits per heavy atom. The van der Waals surface area contributed by atoms with Crippen LogP contribution in [0, 0.1) is 0 Å². The van der Waals surface area contributed by atoms with Crippen LogP contribution in [0.15, 0.2) is 11.8 Å². The van der Waals surface area contributed by atoms with Gasteiger partial charge >= 0.3 is 0 Å². The summed E-state index contributed by atoms with van der Waals surface area (Å²) in [5, 5.41) is 3.49. The van der Waals surface area contributed by atoms with Gasteiger partial charge in [0.2, 0.25) is 0 Å². The van der Waals surface area contributed by atoms with Crippen LogP contribution in [0.25, 0.3) is 0 Å². The second kappa shape index (κ2) is 12.5. The second-order valence-electron chi connectivity index (χ2n) is 3.07. The molecule has 1 rings (SSSR count). The van der Waals surface area contributed by atoms with E-state index in [9.17, 15) is 0 Å². The van der Waals surface area contributed by atoms with Crippen molar-refractivity contribution in [1.29, 1.82) is 0 Å². The molecule has 1 aliphatic rings. The van der Waals surface area contributed by atoms with Gasteiger partial charge in [0.1, 0.15) is 0 Å². The Balaban J connectivity index is 0. The Kier molecular flexibility index (Phi) is 14.3. The third-order valence-electron chi connectivity index (χ3n) is 2.13. The minimum atomic E-state index is 0.735. The summed E-state index contributed by atoms with van der Waals surface area (Å²) in [6.45, 7) is 12.4. The lowest BCUT2D eigenvalue weighted by Gasteiger charge is -2.14. The predicted molar refractivity (Wildman–Crippen MR) is 67.5 cm³/mol. The molecule has 1 N–H and O–H groups in total. The van der Waals surface area contributed by atoms with Crippen molar-refractivity contribution < 1.29 is 0 Å². The summed E-state index contributed by atoms with van der Waals surface area (Å²) in [6.07, 6.45) is 7.50. The Labute approximate surface area is 91.0 Å². The fourth-order valence-corrected chi connectivity index (χ4v) is 1.44. The summed E-state index contributed by atoms with van der Waals surface area (Å²) in [6, 6.07) is 0.735. The Bertz CT molecular complexity index is 127. The fraction of sp³-hybridized carbons (Fsp3) is 0.846. The lowest BCUT2D eigenvalue weighted by atomic mass is 10.1. The molecule has 0 bridgehead atoms. The van der Waals surface area contributed by atoms with Gasteiger partial charge in [-0.2, -0.15) is 0 Å². The summed E-state index contributed by atoms with van der Waals surface area (Å²) in [4.78, 5) is 0. The number of allylic oxidation sites excluding steroid dienone is 2. The van der Waals surface area contributed by atoms with E-state index in [1.165, 1.54) is 31.4 Å². The average Bonchev–Trinajstić information content (AvgIpc) is 2.48. The first-order chi connectivity index (χ1) is 6.83. The van der Waals surface area contributed by atoms with Gasteiger partial charge in [-0.1, -0.05) is 40.7 Å². The molecule has 0 aliphatic carbocycles. The fourth-order valence-electron chi connectivity index (χ4n) is 1.44. The van der Waals surface area contributed by atoms with Crippen molar-refractivity contribution in [2.75, 3.05) is 0 Å². The van der Waals surface area contributed by atoms with Crippen molar-refractivity contribution in [1.82, 2.24) is 5.32 Å². The molecule has 14 heavy (non-hydrogen) atoms. The molecular weight excluding hydrogens is 170 g/mol. The molecule has 0 spiro atoms. The molecule has 0 radical (unpaired) electrons. The van der Waals surface area contributed by atoms with Crippen LogP contribution < -0.4 is 5.32 Å². The first kappa shape index (κ1) is 16.0. The van der Waals surface area contributed by atoms with Crippen LogP contribution in [0.3, 0.4) is 0 Å². The highest BCUT2D eigenvalue weighted by molar-refractivity contribution is 4.99. The van der Waals surface area contributed by atoms with Crippen molar-refractivity contribution in [3.05, 3.63) is 11.8 Å². The van der Waals surface area contributed by atoms with Crippen molar-refractivity contribution in [3.63, 3.8) is 0 Å². The van der Waals surface area contributed by atoms with E-state index in [1.807, 2.05) is 27.7 Å². The zero-order valence-electron chi connectivity index (χ0n) is 11.0. The number of nitrogens with one attached hydrogen (secondary N) is 1. The molecule has 1 atom stereocenters. The summed E-state index contributed by atoms with van der Waals surface area (Å²) in [5.41, 5.74) is 1.37. The zero-order chi connectivity index (χ0) is 11.4. The molecule has 0 saturated carbocycles. The van der Waals surface area contributed by atoms with Crippen LogP contribution in [0.1, 0.15) is 67.2 Å². The smallest absolute Gasteiger partial charge is 0.0255 e. The van der Waals surface area contributed by atoms with E-state index < -0.39 is 0 Å². The first-order valence-electron chi connectivity index (χ1n) is 6.26. The van der Waals surface area contributed by atoms with E-state index >= 15 is 0 Å². The zero-order valence-corrected chi connectivity index (χ0v) is 11.0. The van der Waals surface area contributed by atoms with E-state index in [1.54, 1.807) is 0 Å². The van der Waals surface area contributed by atoms with Crippen molar-refractivity contribution in [3.8, 4) is 0 Å². The molecule has 0 saturated heterocycles. The van der Waals surface area contributed by atoms with Crippen molar-refractivity contribution in [2.24, 2.45) is 0 Å². The molecule has 0 aromatic heterocycles. The first-order valence-corrected chi connectivity index (χ1v) is 6.26. The van der Waals surface area contributed by atoms with Gasteiger partial charge in [0.05, 0.1) is 0 Å². The van der Waals surface area contributed by atoms with Crippen LogP contribution >= 0.6 is 0 Å². The number of hydrogen-bond acceptors (Lipinski definition) is 1. The maximum Gasteiger partial charge on any atom is 0.0255 e. The minimum Gasteiger partial charge on any atom is -0.386 e. The van der Waals surface area contributed by atoms with E-state index in [2.05, 4.69) is 25.2 Å². The van der Waals surface area contributed by atoms with E-state index in [4.69, 9.17) is 0 Å². The summed E-state index contributed by atoms with van der Waals surface area (Å²) < 4.78 is 0. The maximum atomic E-state index is 3.49. The summed E-state index contributed by atoms with van der Waals surface area (Å²) in [7, 11) is 0. The quantitative estimate of drug-likeness (QED) is 0.656. The van der Waals surface area contributed by atoms with Crippen molar-refractivity contribution >= 4 is 0 Å². The SMILES string of the molecule is CC.CC.CCC1CCCC=C(C)N1. The van der Waals surface area contributed by atoms with Gasteiger partial charge in [-0.25, -0.2) is 0 Å². The van der Waals surface area contributed by atoms with E-state index in [0.717, 1.165) is 6.04 Å². The molecule has 0 aromatic rings. The molecule has 1 heteroatoms. The molecular formula is C13H29N. The maximum absolute atomic E-state index is 3.49. The monoisotopic (exact) mass is 199 g/mol. The van der Waals surface area contributed by atoms with Crippen LogP contribution in [0.5, 0.6) is 0 Å². The third-order valence-corrected chi connectivity index (χ3v) is 2.13. The summed E-state index contributed by atoms with van der Waals surface area (Å²) in [5.74, 6) is 0. The Morgan fingerprint density at radius 2 is 1.86 bits per heavy atom. The molecule has 0 aromatic carbocycles. The normalized spacial score (nSPS) is 19.9. The molecule has 1 heterocycles. The highest BCUT2D eigenvalue weighted by Crippen LogP contribution is 2.11. The van der Waals surface area contributed by atoms with E-state index in [0.29, 0.717) is 0 Å². The lowest BCUT2D eigenvalue weighted by molar-refractivity contribution is 0.512. The highest BCUT2D eigenvalue weighted by Gasteiger charge is 2.07. The van der Waals surface area contributed by atoms with Crippen LogP contribution in [-0.4, -0.2) is 6.04 Å². The number of rotatable bonds is 1. The Hall–Kier alpha value is -0.460. The van der Waals surface area contributed by atoms with Gasteiger partial charge in [-0.3, -0.25) is 0 Å². The van der Waals surface area contributed by atoms with Crippen molar-refractivity contribution in [2.45, 2.75) is 73.3 Å². The minimum absolute atomic E-state index is 0.735. The largest absolute Gasteiger partial charge is 0.386 e. The Morgan fingerprint density at radius 1 is 1.29 bits per heavy atom. The van der Waals surface area contributed by atoms with Gasteiger partial charge < -0.3 is 5.32 Å².